The minimum Gasteiger partial charge on any atom is -0.397 e. The predicted octanol–water partition coefficient (Wildman–Crippen LogP) is 4.27. The van der Waals surface area contributed by atoms with Crippen molar-refractivity contribution in [2.24, 2.45) is 0 Å². The number of fused-ring (bicyclic) bond motifs is 3. The average molecular weight is 429 g/mol. The summed E-state index contributed by atoms with van der Waals surface area (Å²) in [6.07, 6.45) is 5.87. The van der Waals surface area contributed by atoms with Crippen molar-refractivity contribution in [3.63, 3.8) is 0 Å². The summed E-state index contributed by atoms with van der Waals surface area (Å²) in [5.41, 5.74) is 15.3. The highest BCUT2D eigenvalue weighted by Gasteiger charge is 2.23. The topological polar surface area (TPSA) is 90.9 Å². The quantitative estimate of drug-likeness (QED) is 0.489. The molecule has 0 spiro atoms. The number of pyridine rings is 2. The first kappa shape index (κ1) is 22.0. The molecule has 2 aromatic heterocycles. The van der Waals surface area contributed by atoms with Crippen LogP contribution in [0.3, 0.4) is 0 Å². The zero-order valence-corrected chi connectivity index (χ0v) is 19.3. The Morgan fingerprint density at radius 1 is 1.16 bits per heavy atom. The van der Waals surface area contributed by atoms with Crippen LogP contribution in [0, 0.1) is 5.41 Å². The second-order valence-corrected chi connectivity index (χ2v) is 8.82. The van der Waals surface area contributed by atoms with E-state index >= 15 is 0 Å². The molecular formula is C26H32N6. The van der Waals surface area contributed by atoms with Crippen LogP contribution in [-0.2, 0) is 12.8 Å². The molecule has 0 atom stereocenters. The van der Waals surface area contributed by atoms with Crippen LogP contribution in [0.25, 0.3) is 28.0 Å². The summed E-state index contributed by atoms with van der Waals surface area (Å²) < 4.78 is 0. The van der Waals surface area contributed by atoms with Gasteiger partial charge in [-0.05, 0) is 63.4 Å². The van der Waals surface area contributed by atoms with Crippen molar-refractivity contribution in [2.45, 2.75) is 32.6 Å². The molecular weight excluding hydrogens is 396 g/mol. The summed E-state index contributed by atoms with van der Waals surface area (Å²) in [5, 5.41) is 12.6. The van der Waals surface area contributed by atoms with E-state index in [4.69, 9.17) is 16.1 Å². The van der Waals surface area contributed by atoms with E-state index in [2.05, 4.69) is 60.1 Å². The number of likely N-dealkylation sites (N-methyl/N-ethyl adjacent to an activating group) is 1. The maximum Gasteiger partial charge on any atom is 0.160 e. The van der Waals surface area contributed by atoms with Gasteiger partial charge in [0.2, 0.25) is 0 Å². The monoisotopic (exact) mass is 428 g/mol. The summed E-state index contributed by atoms with van der Waals surface area (Å²) >= 11 is 0. The molecule has 4 N–H and O–H groups in total. The minimum atomic E-state index is 0.460. The Balaban J connectivity index is 1.74. The fraction of sp³-hybridized carbons (Fsp3) is 0.346. The molecule has 0 fully saturated rings. The molecule has 0 aliphatic heterocycles. The average Bonchev–Trinajstić information content (AvgIpc) is 2.78. The molecule has 0 saturated carbocycles. The second kappa shape index (κ2) is 9.09. The van der Waals surface area contributed by atoms with Crippen LogP contribution in [-0.4, -0.2) is 47.8 Å². The fourth-order valence-corrected chi connectivity index (χ4v) is 4.51. The first-order valence-electron chi connectivity index (χ1n) is 11.2. The van der Waals surface area contributed by atoms with Crippen LogP contribution in [0.1, 0.15) is 42.0 Å². The number of anilines is 1. The predicted molar refractivity (Wildman–Crippen MR) is 134 cm³/mol. The fourth-order valence-electron chi connectivity index (χ4n) is 4.51. The highest BCUT2D eigenvalue weighted by atomic mass is 15.1. The second-order valence-electron chi connectivity index (χ2n) is 8.82. The standard InChI is InChI=1S/C26H32N6/c1-16(27)23-22(28)15-30-26-24(23)20-7-5-6-8-21(20)25(31-26)19-11-9-18(10-12-19)17(2)29-13-14-32(3)4/h9-12,15,27,29H,2,5-8,13-14,28H2,1,3-4H3. The smallest absolute Gasteiger partial charge is 0.160 e. The van der Waals surface area contributed by atoms with Gasteiger partial charge in [0.1, 0.15) is 0 Å². The molecule has 0 saturated heterocycles. The maximum absolute atomic E-state index is 8.28. The Hall–Kier alpha value is -3.25. The van der Waals surface area contributed by atoms with Crippen LogP contribution in [0.4, 0.5) is 5.69 Å². The third-order valence-corrected chi connectivity index (χ3v) is 6.14. The highest BCUT2D eigenvalue weighted by molar-refractivity contribution is 6.12. The van der Waals surface area contributed by atoms with Gasteiger partial charge in [0.05, 0.1) is 17.6 Å². The lowest BCUT2D eigenvalue weighted by Gasteiger charge is -2.23. The van der Waals surface area contributed by atoms with E-state index in [1.165, 1.54) is 11.1 Å². The van der Waals surface area contributed by atoms with E-state index in [1.807, 2.05) is 0 Å². The van der Waals surface area contributed by atoms with E-state index in [0.717, 1.165) is 72.2 Å². The first-order valence-corrected chi connectivity index (χ1v) is 11.2. The lowest BCUT2D eigenvalue weighted by molar-refractivity contribution is 0.411. The molecule has 4 rings (SSSR count). The van der Waals surface area contributed by atoms with Gasteiger partial charge in [0.15, 0.2) is 5.65 Å². The summed E-state index contributed by atoms with van der Waals surface area (Å²) in [6.45, 7) is 7.78. The van der Waals surface area contributed by atoms with Crippen LogP contribution in [0.5, 0.6) is 0 Å². The molecule has 1 aliphatic carbocycles. The number of nitrogens with two attached hydrogens (primary N) is 1. The van der Waals surface area contributed by atoms with Gasteiger partial charge in [-0.15, -0.1) is 0 Å². The van der Waals surface area contributed by atoms with Gasteiger partial charge >= 0.3 is 0 Å². The third kappa shape index (κ3) is 4.23. The normalized spacial score (nSPS) is 13.2. The molecule has 1 aliphatic rings. The number of aryl methyl sites for hydroxylation is 1. The molecule has 0 radical (unpaired) electrons. The number of aromatic nitrogens is 2. The van der Waals surface area contributed by atoms with Crippen LogP contribution < -0.4 is 11.1 Å². The van der Waals surface area contributed by atoms with Crippen molar-refractivity contribution >= 4 is 28.1 Å². The highest BCUT2D eigenvalue weighted by Crippen LogP contribution is 2.37. The van der Waals surface area contributed by atoms with Gasteiger partial charge in [-0.25, -0.2) is 9.97 Å². The number of nitrogens with zero attached hydrogens (tertiary/aromatic N) is 3. The molecule has 32 heavy (non-hydrogen) atoms. The lowest BCUT2D eigenvalue weighted by Crippen LogP contribution is -2.25. The number of hydrogen-bond donors (Lipinski definition) is 3. The van der Waals surface area contributed by atoms with E-state index in [9.17, 15) is 0 Å². The van der Waals surface area contributed by atoms with Gasteiger partial charge < -0.3 is 21.4 Å². The minimum absolute atomic E-state index is 0.460. The van der Waals surface area contributed by atoms with Crippen molar-refractivity contribution in [1.29, 1.82) is 5.41 Å². The van der Waals surface area contributed by atoms with Gasteiger partial charge in [0.25, 0.3) is 0 Å². The molecule has 1 aromatic carbocycles. The SMILES string of the molecule is C=C(NCCN(C)C)c1ccc(-c2nc3ncc(N)c(C(C)=N)c3c3c2CCCC3)cc1. The molecule has 0 bridgehead atoms. The van der Waals surface area contributed by atoms with Crippen LogP contribution >= 0.6 is 0 Å². The molecule has 0 amide bonds. The number of nitrogens with one attached hydrogen (secondary N) is 2. The zero-order valence-electron chi connectivity index (χ0n) is 19.3. The van der Waals surface area contributed by atoms with Gasteiger partial charge in [0, 0.05) is 41.0 Å². The van der Waals surface area contributed by atoms with Crippen molar-refractivity contribution in [3.05, 3.63) is 59.3 Å². The van der Waals surface area contributed by atoms with Gasteiger partial charge in [-0.1, -0.05) is 30.8 Å². The molecule has 0 unspecified atom stereocenters. The summed E-state index contributed by atoms with van der Waals surface area (Å²) in [6, 6.07) is 8.45. The van der Waals surface area contributed by atoms with Gasteiger partial charge in [-0.2, -0.15) is 0 Å². The number of nitrogen functional groups attached to an aromatic ring is 1. The summed E-state index contributed by atoms with van der Waals surface area (Å²) in [5.74, 6) is 0. The lowest BCUT2D eigenvalue weighted by atomic mass is 9.85. The van der Waals surface area contributed by atoms with E-state index in [1.54, 1.807) is 13.1 Å². The molecule has 3 aromatic rings. The number of hydrogen-bond acceptors (Lipinski definition) is 6. The Morgan fingerprint density at radius 3 is 2.50 bits per heavy atom. The molecule has 166 valence electrons. The van der Waals surface area contributed by atoms with Gasteiger partial charge in [-0.3, -0.25) is 0 Å². The zero-order chi connectivity index (χ0) is 22.8. The third-order valence-electron chi connectivity index (χ3n) is 6.14. The van der Waals surface area contributed by atoms with Crippen molar-refractivity contribution in [2.75, 3.05) is 32.9 Å². The Morgan fingerprint density at radius 2 is 1.84 bits per heavy atom. The maximum atomic E-state index is 8.28. The molecule has 6 heteroatoms. The van der Waals surface area contributed by atoms with Crippen LogP contribution in [0.15, 0.2) is 37.0 Å². The Bertz CT molecular complexity index is 1180. The van der Waals surface area contributed by atoms with Crippen molar-refractivity contribution < 1.29 is 0 Å². The number of rotatable bonds is 7. The Labute approximate surface area is 190 Å². The van der Waals surface area contributed by atoms with E-state index < -0.39 is 0 Å². The summed E-state index contributed by atoms with van der Waals surface area (Å²) in [7, 11) is 4.12. The van der Waals surface area contributed by atoms with Crippen molar-refractivity contribution in [3.8, 4) is 11.3 Å². The van der Waals surface area contributed by atoms with E-state index in [-0.39, 0.29) is 0 Å². The largest absolute Gasteiger partial charge is 0.397 e. The number of benzene rings is 1. The van der Waals surface area contributed by atoms with Crippen LogP contribution in [0.2, 0.25) is 0 Å². The summed E-state index contributed by atoms with van der Waals surface area (Å²) in [4.78, 5) is 11.7. The van der Waals surface area contributed by atoms with Crippen molar-refractivity contribution in [1.82, 2.24) is 20.2 Å². The molecule has 6 nitrogen and oxygen atoms in total. The Kier molecular flexibility index (Phi) is 6.24. The first-order chi connectivity index (χ1) is 15.4. The van der Waals surface area contributed by atoms with E-state index in [0.29, 0.717) is 17.0 Å². The molecule has 2 heterocycles.